The minimum absolute atomic E-state index is 0.00460. The van der Waals surface area contributed by atoms with Gasteiger partial charge in [-0.05, 0) is 25.5 Å². The molecule has 0 spiro atoms. The van der Waals surface area contributed by atoms with Gasteiger partial charge in [0.1, 0.15) is 11.5 Å². The second-order valence-electron chi connectivity index (χ2n) is 6.09. The molecule has 0 aromatic carbocycles. The van der Waals surface area contributed by atoms with Crippen LogP contribution in [-0.2, 0) is 24.2 Å². The zero-order chi connectivity index (χ0) is 18.0. The van der Waals surface area contributed by atoms with E-state index in [1.165, 1.54) is 0 Å². The Morgan fingerprint density at radius 3 is 2.76 bits per heavy atom. The summed E-state index contributed by atoms with van der Waals surface area (Å²) >= 11 is 0. The number of amides is 1. The molecule has 0 radical (unpaired) electrons. The van der Waals surface area contributed by atoms with Crippen LogP contribution in [0.4, 0.5) is 0 Å². The van der Waals surface area contributed by atoms with E-state index in [1.54, 1.807) is 6.92 Å². The molecule has 7 nitrogen and oxygen atoms in total. The number of fused-ring (bicyclic) bond motifs is 1. The molecule has 0 saturated carbocycles. The number of aryl methyl sites for hydroxylation is 3. The van der Waals surface area contributed by atoms with Gasteiger partial charge in [-0.25, -0.2) is 9.97 Å². The topological polar surface area (TPSA) is 92.2 Å². The Morgan fingerprint density at radius 2 is 2.04 bits per heavy atom. The van der Waals surface area contributed by atoms with E-state index in [1.807, 2.05) is 42.8 Å². The van der Waals surface area contributed by atoms with Crippen molar-refractivity contribution in [2.75, 3.05) is 0 Å². The van der Waals surface area contributed by atoms with Gasteiger partial charge in [0.05, 0.1) is 18.7 Å². The quantitative estimate of drug-likeness (QED) is 0.736. The molecule has 0 aliphatic heterocycles. The summed E-state index contributed by atoms with van der Waals surface area (Å²) in [6, 6.07) is 3.93. The number of aromatic nitrogens is 4. The normalized spacial score (nSPS) is 11.0. The Hall–Kier alpha value is -2.96. The Morgan fingerprint density at radius 1 is 1.24 bits per heavy atom. The maximum Gasteiger partial charge on any atom is 0.254 e. The maximum atomic E-state index is 12.2. The first-order valence-corrected chi connectivity index (χ1v) is 8.26. The van der Waals surface area contributed by atoms with E-state index in [4.69, 9.17) is 0 Å². The molecule has 1 amide bonds. The van der Waals surface area contributed by atoms with Crippen LogP contribution in [0.25, 0.3) is 5.65 Å². The largest absolute Gasteiger partial charge is 0.350 e. The number of hydrogen-bond acceptors (Lipinski definition) is 4. The number of imidazole rings is 1. The molecule has 0 aliphatic rings. The van der Waals surface area contributed by atoms with E-state index >= 15 is 0 Å². The van der Waals surface area contributed by atoms with Crippen LogP contribution in [0.1, 0.15) is 35.3 Å². The van der Waals surface area contributed by atoms with Gasteiger partial charge in [-0.1, -0.05) is 13.0 Å². The summed E-state index contributed by atoms with van der Waals surface area (Å²) in [5, 5.41) is 2.81. The molecule has 0 atom stereocenters. The molecule has 2 N–H and O–H groups in total. The van der Waals surface area contributed by atoms with Gasteiger partial charge in [0.2, 0.25) is 5.91 Å². The number of nitrogens with one attached hydrogen (secondary N) is 2. The zero-order valence-corrected chi connectivity index (χ0v) is 14.6. The van der Waals surface area contributed by atoms with Crippen LogP contribution in [-0.4, -0.2) is 25.3 Å². The van der Waals surface area contributed by atoms with Crippen molar-refractivity contribution in [1.29, 1.82) is 0 Å². The van der Waals surface area contributed by atoms with Crippen molar-refractivity contribution in [2.45, 2.75) is 40.2 Å². The second-order valence-corrected chi connectivity index (χ2v) is 6.09. The monoisotopic (exact) mass is 339 g/mol. The predicted molar refractivity (Wildman–Crippen MR) is 94.5 cm³/mol. The van der Waals surface area contributed by atoms with Gasteiger partial charge >= 0.3 is 0 Å². The highest BCUT2D eigenvalue weighted by Gasteiger charge is 2.12. The number of H-pyrrole nitrogens is 1. The Bertz CT molecular complexity index is 987. The van der Waals surface area contributed by atoms with Gasteiger partial charge in [-0.15, -0.1) is 0 Å². The van der Waals surface area contributed by atoms with Crippen LogP contribution < -0.4 is 10.9 Å². The number of aromatic amines is 1. The molecule has 0 saturated heterocycles. The van der Waals surface area contributed by atoms with Crippen LogP contribution in [0.15, 0.2) is 29.3 Å². The van der Waals surface area contributed by atoms with E-state index in [9.17, 15) is 9.59 Å². The van der Waals surface area contributed by atoms with E-state index in [-0.39, 0.29) is 17.9 Å². The molecule has 3 heterocycles. The molecule has 130 valence electrons. The highest BCUT2D eigenvalue weighted by Crippen LogP contribution is 2.07. The van der Waals surface area contributed by atoms with Crippen molar-refractivity contribution in [1.82, 2.24) is 24.7 Å². The fourth-order valence-corrected chi connectivity index (χ4v) is 2.70. The van der Waals surface area contributed by atoms with Crippen LogP contribution >= 0.6 is 0 Å². The predicted octanol–water partition coefficient (Wildman–Crippen LogP) is 1.46. The minimum Gasteiger partial charge on any atom is -0.350 e. The molecular formula is C18H21N5O2. The molecule has 0 bridgehead atoms. The number of pyridine rings is 1. The average molecular weight is 339 g/mol. The van der Waals surface area contributed by atoms with Crippen LogP contribution in [0, 0.1) is 13.8 Å². The molecule has 0 unspecified atom stereocenters. The lowest BCUT2D eigenvalue weighted by atomic mass is 10.1. The molecule has 0 aliphatic carbocycles. The Balaban J connectivity index is 1.67. The van der Waals surface area contributed by atoms with E-state index < -0.39 is 0 Å². The molecule has 25 heavy (non-hydrogen) atoms. The van der Waals surface area contributed by atoms with Crippen molar-refractivity contribution in [3.05, 3.63) is 63.2 Å². The number of carbonyl (C=O) groups excluding carboxylic acids is 1. The summed E-state index contributed by atoms with van der Waals surface area (Å²) in [5.74, 6) is 0.402. The summed E-state index contributed by atoms with van der Waals surface area (Å²) in [5.41, 5.74) is 3.49. The summed E-state index contributed by atoms with van der Waals surface area (Å²) in [6.07, 6.45) is 4.52. The zero-order valence-electron chi connectivity index (χ0n) is 14.6. The molecule has 0 fully saturated rings. The lowest BCUT2D eigenvalue weighted by Crippen LogP contribution is -2.29. The van der Waals surface area contributed by atoms with Crippen molar-refractivity contribution in [3.63, 3.8) is 0 Å². The summed E-state index contributed by atoms with van der Waals surface area (Å²) in [6.45, 7) is 6.00. The smallest absolute Gasteiger partial charge is 0.254 e. The number of rotatable bonds is 5. The first kappa shape index (κ1) is 16.9. The fraction of sp³-hybridized carbons (Fsp3) is 0.333. The van der Waals surface area contributed by atoms with E-state index in [0.717, 1.165) is 16.9 Å². The highest BCUT2D eigenvalue weighted by molar-refractivity contribution is 5.78. The molecule has 3 aromatic rings. The Labute approximate surface area is 145 Å². The third kappa shape index (κ3) is 3.76. The van der Waals surface area contributed by atoms with Crippen molar-refractivity contribution < 1.29 is 4.79 Å². The first-order chi connectivity index (χ1) is 12.0. The Kier molecular flexibility index (Phi) is 4.65. The lowest BCUT2D eigenvalue weighted by molar-refractivity contribution is -0.120. The number of hydrogen-bond donors (Lipinski definition) is 2. The van der Waals surface area contributed by atoms with Gasteiger partial charge in [0, 0.05) is 30.1 Å². The molecule has 7 heteroatoms. The third-order valence-electron chi connectivity index (χ3n) is 4.06. The summed E-state index contributed by atoms with van der Waals surface area (Å²) < 4.78 is 1.93. The van der Waals surface area contributed by atoms with Gasteiger partial charge in [-0.2, -0.15) is 0 Å². The van der Waals surface area contributed by atoms with Gasteiger partial charge < -0.3 is 14.7 Å². The van der Waals surface area contributed by atoms with E-state index in [2.05, 4.69) is 20.3 Å². The van der Waals surface area contributed by atoms with Crippen LogP contribution in [0.3, 0.4) is 0 Å². The fourth-order valence-electron chi connectivity index (χ4n) is 2.70. The summed E-state index contributed by atoms with van der Waals surface area (Å²) in [4.78, 5) is 35.7. The number of nitrogens with zero attached hydrogens (tertiary/aromatic N) is 3. The first-order valence-electron chi connectivity index (χ1n) is 8.26. The number of carbonyl (C=O) groups is 1. The third-order valence-corrected chi connectivity index (χ3v) is 4.06. The molecule has 3 rings (SSSR count). The lowest BCUT2D eigenvalue weighted by Gasteiger charge is -2.06. The summed E-state index contributed by atoms with van der Waals surface area (Å²) in [7, 11) is 0. The van der Waals surface area contributed by atoms with Crippen molar-refractivity contribution in [3.8, 4) is 0 Å². The van der Waals surface area contributed by atoms with Crippen LogP contribution in [0.5, 0.6) is 0 Å². The van der Waals surface area contributed by atoms with Gasteiger partial charge in [0.25, 0.3) is 5.56 Å². The second kappa shape index (κ2) is 6.88. The standard InChI is InChI=1S/C18H21N5O2/c1-4-15-20-12(3)14(18(25)22-15)7-17(24)19-8-13-10-23-9-11(2)5-6-16(23)21-13/h5-6,9-10H,4,7-8H2,1-3H3,(H,19,24)(H,20,22,25). The van der Waals surface area contributed by atoms with Crippen molar-refractivity contribution >= 4 is 11.6 Å². The average Bonchev–Trinajstić information content (AvgIpc) is 2.98. The molecular weight excluding hydrogens is 318 g/mol. The van der Waals surface area contributed by atoms with E-state index in [0.29, 0.717) is 30.0 Å². The highest BCUT2D eigenvalue weighted by atomic mass is 16.2. The van der Waals surface area contributed by atoms with Gasteiger partial charge in [-0.3, -0.25) is 9.59 Å². The van der Waals surface area contributed by atoms with Gasteiger partial charge in [0.15, 0.2) is 0 Å². The SMILES string of the molecule is CCc1nc(C)c(CC(=O)NCc2cn3cc(C)ccc3n2)c(=O)[nH]1. The minimum atomic E-state index is -0.247. The van der Waals surface area contributed by atoms with Crippen molar-refractivity contribution in [2.24, 2.45) is 0 Å². The molecule has 3 aromatic heterocycles. The van der Waals surface area contributed by atoms with Crippen LogP contribution in [0.2, 0.25) is 0 Å². The maximum absolute atomic E-state index is 12.2.